The number of nitrogens with one attached hydrogen (secondary N) is 1. The molecule has 1 amide bonds. The molecular weight excluding hydrogens is 238 g/mol. The zero-order valence-electron chi connectivity index (χ0n) is 11.9. The summed E-state index contributed by atoms with van der Waals surface area (Å²) in [6.45, 7) is 6.44. The number of hydrogen-bond acceptors (Lipinski definition) is 3. The monoisotopic (exact) mass is 265 g/mol. The van der Waals surface area contributed by atoms with Crippen molar-refractivity contribution < 1.29 is 4.79 Å². The average molecular weight is 265 g/mol. The zero-order valence-corrected chi connectivity index (χ0v) is 11.9. The second kappa shape index (κ2) is 6.23. The molecule has 0 spiro atoms. The van der Waals surface area contributed by atoms with Gasteiger partial charge in [-0.25, -0.2) is 0 Å². The topological polar surface area (TPSA) is 35.6 Å². The van der Waals surface area contributed by atoms with E-state index in [1.54, 1.807) is 0 Å². The number of piperidine rings is 2. The lowest BCUT2D eigenvalue weighted by atomic mass is 9.96. The number of carbonyl (C=O) groups is 1. The van der Waals surface area contributed by atoms with E-state index >= 15 is 0 Å². The van der Waals surface area contributed by atoms with Crippen LogP contribution in [0.5, 0.6) is 0 Å². The van der Waals surface area contributed by atoms with Crippen molar-refractivity contribution in [2.75, 3.05) is 39.3 Å². The molecule has 108 valence electrons. The first-order chi connectivity index (χ1) is 9.34. The molecule has 0 aromatic carbocycles. The molecule has 3 aliphatic rings. The molecule has 19 heavy (non-hydrogen) atoms. The van der Waals surface area contributed by atoms with E-state index in [9.17, 15) is 4.79 Å². The molecule has 0 bridgehead atoms. The van der Waals surface area contributed by atoms with Crippen LogP contribution in [0, 0.1) is 5.92 Å². The van der Waals surface area contributed by atoms with Gasteiger partial charge in [0.1, 0.15) is 0 Å². The molecule has 4 heteroatoms. The molecule has 0 aromatic rings. The van der Waals surface area contributed by atoms with Gasteiger partial charge in [-0.1, -0.05) is 0 Å². The first-order valence-corrected chi connectivity index (χ1v) is 8.08. The van der Waals surface area contributed by atoms with Crippen molar-refractivity contribution in [1.82, 2.24) is 15.1 Å². The van der Waals surface area contributed by atoms with E-state index in [-0.39, 0.29) is 5.92 Å². The van der Waals surface area contributed by atoms with Gasteiger partial charge in [0.15, 0.2) is 0 Å². The van der Waals surface area contributed by atoms with Gasteiger partial charge in [0, 0.05) is 25.7 Å². The number of nitrogens with zero attached hydrogens (tertiary/aromatic N) is 2. The molecule has 1 N–H and O–H groups in total. The standard InChI is InChI=1S/C15H27N3O/c19-15(13-5-3-7-16-11-13)18-10-4-6-14(12-18)17-8-1-2-9-17/h13-14,16H,1-12H2/t13-,14?/m0/s1. The summed E-state index contributed by atoms with van der Waals surface area (Å²) in [6.07, 6.45) is 7.39. The summed E-state index contributed by atoms with van der Waals surface area (Å²) < 4.78 is 0. The lowest BCUT2D eigenvalue weighted by Crippen LogP contribution is -2.52. The zero-order chi connectivity index (χ0) is 13.1. The SMILES string of the molecule is O=C([C@H]1CCCNC1)N1CCCC(N2CCCC2)C1. The van der Waals surface area contributed by atoms with Crippen molar-refractivity contribution in [1.29, 1.82) is 0 Å². The van der Waals surface area contributed by atoms with Gasteiger partial charge in [-0.3, -0.25) is 9.69 Å². The van der Waals surface area contributed by atoms with Crippen LogP contribution in [-0.4, -0.2) is 61.0 Å². The van der Waals surface area contributed by atoms with Gasteiger partial charge < -0.3 is 10.2 Å². The van der Waals surface area contributed by atoms with Crippen LogP contribution in [0.15, 0.2) is 0 Å². The normalized spacial score (nSPS) is 33.6. The Kier molecular flexibility index (Phi) is 4.38. The predicted octanol–water partition coefficient (Wildman–Crippen LogP) is 1.07. The van der Waals surface area contributed by atoms with Gasteiger partial charge >= 0.3 is 0 Å². The summed E-state index contributed by atoms with van der Waals surface area (Å²) in [5, 5.41) is 3.36. The largest absolute Gasteiger partial charge is 0.341 e. The highest BCUT2D eigenvalue weighted by Crippen LogP contribution is 2.22. The summed E-state index contributed by atoms with van der Waals surface area (Å²) in [5.74, 6) is 0.655. The van der Waals surface area contributed by atoms with Crippen LogP contribution in [0.4, 0.5) is 0 Å². The molecule has 3 saturated heterocycles. The van der Waals surface area contributed by atoms with E-state index in [1.165, 1.54) is 38.8 Å². The second-order valence-corrected chi connectivity index (χ2v) is 6.37. The Morgan fingerprint density at radius 1 is 1.00 bits per heavy atom. The molecule has 0 radical (unpaired) electrons. The summed E-state index contributed by atoms with van der Waals surface area (Å²) >= 11 is 0. The van der Waals surface area contributed by atoms with E-state index in [1.807, 2.05) is 0 Å². The van der Waals surface area contributed by atoms with Gasteiger partial charge in [-0.2, -0.15) is 0 Å². The van der Waals surface area contributed by atoms with Crippen molar-refractivity contribution >= 4 is 5.91 Å². The first-order valence-electron chi connectivity index (χ1n) is 8.08. The number of hydrogen-bond donors (Lipinski definition) is 1. The lowest BCUT2D eigenvalue weighted by Gasteiger charge is -2.39. The Hall–Kier alpha value is -0.610. The van der Waals surface area contributed by atoms with Crippen LogP contribution in [-0.2, 0) is 4.79 Å². The Bertz CT molecular complexity index is 309. The maximum atomic E-state index is 12.6. The number of amides is 1. The average Bonchev–Trinajstić information content (AvgIpc) is 3.02. The van der Waals surface area contributed by atoms with Crippen LogP contribution >= 0.6 is 0 Å². The molecular formula is C15H27N3O. The van der Waals surface area contributed by atoms with Crippen molar-refractivity contribution in [2.24, 2.45) is 5.92 Å². The van der Waals surface area contributed by atoms with Crippen LogP contribution < -0.4 is 5.32 Å². The molecule has 3 fully saturated rings. The minimum Gasteiger partial charge on any atom is -0.341 e. The maximum Gasteiger partial charge on any atom is 0.227 e. The fraction of sp³-hybridized carbons (Fsp3) is 0.933. The summed E-state index contributed by atoms with van der Waals surface area (Å²) in [4.78, 5) is 17.3. The Balaban J connectivity index is 1.56. The van der Waals surface area contributed by atoms with Crippen LogP contribution in [0.25, 0.3) is 0 Å². The molecule has 3 rings (SSSR count). The van der Waals surface area contributed by atoms with E-state index in [2.05, 4.69) is 15.1 Å². The smallest absolute Gasteiger partial charge is 0.227 e. The van der Waals surface area contributed by atoms with Crippen LogP contribution in [0.1, 0.15) is 38.5 Å². The highest BCUT2D eigenvalue weighted by Gasteiger charge is 2.32. The van der Waals surface area contributed by atoms with Crippen LogP contribution in [0.3, 0.4) is 0 Å². The van der Waals surface area contributed by atoms with Gasteiger partial charge in [0.05, 0.1) is 5.92 Å². The first kappa shape index (κ1) is 13.4. The number of likely N-dealkylation sites (tertiary alicyclic amines) is 2. The highest BCUT2D eigenvalue weighted by molar-refractivity contribution is 5.79. The van der Waals surface area contributed by atoms with Crippen molar-refractivity contribution in [2.45, 2.75) is 44.6 Å². The van der Waals surface area contributed by atoms with Crippen molar-refractivity contribution in [3.8, 4) is 0 Å². The van der Waals surface area contributed by atoms with Crippen molar-refractivity contribution in [3.05, 3.63) is 0 Å². The lowest BCUT2D eigenvalue weighted by molar-refractivity contribution is -0.138. The summed E-state index contributed by atoms with van der Waals surface area (Å²) in [7, 11) is 0. The Morgan fingerprint density at radius 3 is 2.58 bits per heavy atom. The quantitative estimate of drug-likeness (QED) is 0.811. The summed E-state index contributed by atoms with van der Waals surface area (Å²) in [5.41, 5.74) is 0. The van der Waals surface area contributed by atoms with E-state index in [0.717, 1.165) is 39.0 Å². The van der Waals surface area contributed by atoms with Gasteiger partial charge in [-0.05, 0) is 58.2 Å². The number of rotatable bonds is 2. The van der Waals surface area contributed by atoms with Gasteiger partial charge in [-0.15, -0.1) is 0 Å². The Labute approximate surface area is 116 Å². The summed E-state index contributed by atoms with van der Waals surface area (Å²) in [6, 6.07) is 0.636. The van der Waals surface area contributed by atoms with E-state index < -0.39 is 0 Å². The molecule has 0 aliphatic carbocycles. The molecule has 0 aromatic heterocycles. The van der Waals surface area contributed by atoms with Gasteiger partial charge in [0.25, 0.3) is 0 Å². The third-order valence-electron chi connectivity index (χ3n) is 5.01. The second-order valence-electron chi connectivity index (χ2n) is 6.37. The highest BCUT2D eigenvalue weighted by atomic mass is 16.2. The van der Waals surface area contributed by atoms with Crippen molar-refractivity contribution in [3.63, 3.8) is 0 Å². The van der Waals surface area contributed by atoms with E-state index in [4.69, 9.17) is 0 Å². The molecule has 4 nitrogen and oxygen atoms in total. The molecule has 0 saturated carbocycles. The predicted molar refractivity (Wildman–Crippen MR) is 76.0 cm³/mol. The molecule has 3 aliphatic heterocycles. The molecule has 1 unspecified atom stereocenters. The fourth-order valence-electron chi connectivity index (χ4n) is 3.88. The Morgan fingerprint density at radius 2 is 1.84 bits per heavy atom. The van der Waals surface area contributed by atoms with Gasteiger partial charge in [0.2, 0.25) is 5.91 Å². The fourth-order valence-corrected chi connectivity index (χ4v) is 3.88. The third-order valence-corrected chi connectivity index (χ3v) is 5.01. The van der Waals surface area contributed by atoms with E-state index in [0.29, 0.717) is 11.9 Å². The van der Waals surface area contributed by atoms with Crippen LogP contribution in [0.2, 0.25) is 0 Å². The number of carbonyl (C=O) groups excluding carboxylic acids is 1. The minimum absolute atomic E-state index is 0.242. The third kappa shape index (κ3) is 3.11. The molecule has 2 atom stereocenters. The minimum atomic E-state index is 0.242. The molecule has 3 heterocycles. The maximum absolute atomic E-state index is 12.6.